The molecule has 0 heterocycles. The van der Waals surface area contributed by atoms with Crippen LogP contribution in [0.25, 0.3) is 6.08 Å². The maximum absolute atomic E-state index is 12.5. The lowest BCUT2D eigenvalue weighted by Crippen LogP contribution is -2.24. The highest BCUT2D eigenvalue weighted by Gasteiger charge is 2.22. The Morgan fingerprint density at radius 2 is 1.93 bits per heavy atom. The summed E-state index contributed by atoms with van der Waals surface area (Å²) in [5.41, 5.74) is 1.45. The Kier molecular flexibility index (Phi) is 7.23. The standard InChI is InChI=1S/C20H23ClN2O4S/c1-14(16-6-5-7-17(21)13-16)22-20(24)11-9-15-8-10-18(27-4)19(12-15)28(25,26)23(2)3/h5-14H,1-4H3,(H,22,24)/b11-9+/t14-/m1/s1. The zero-order chi connectivity index (χ0) is 20.9. The molecule has 0 fully saturated rings. The summed E-state index contributed by atoms with van der Waals surface area (Å²) >= 11 is 5.98. The van der Waals surface area contributed by atoms with Gasteiger partial charge in [0.2, 0.25) is 15.9 Å². The molecule has 1 amide bonds. The Hall–Kier alpha value is -2.35. The highest BCUT2D eigenvalue weighted by Crippen LogP contribution is 2.27. The predicted octanol–water partition coefficient (Wildman–Crippen LogP) is 3.49. The first-order chi connectivity index (χ1) is 13.1. The highest BCUT2D eigenvalue weighted by atomic mass is 35.5. The van der Waals surface area contributed by atoms with E-state index in [1.807, 2.05) is 19.1 Å². The molecule has 28 heavy (non-hydrogen) atoms. The SMILES string of the molecule is COc1ccc(/C=C/C(=O)N[C@H](C)c2cccc(Cl)c2)cc1S(=O)(=O)N(C)C. The summed E-state index contributed by atoms with van der Waals surface area (Å²) in [6.07, 6.45) is 2.91. The number of ether oxygens (including phenoxy) is 1. The molecule has 8 heteroatoms. The Labute approximate surface area is 170 Å². The molecule has 150 valence electrons. The zero-order valence-corrected chi connectivity index (χ0v) is 17.7. The van der Waals surface area contributed by atoms with E-state index in [0.29, 0.717) is 10.6 Å². The molecule has 0 bridgehead atoms. The quantitative estimate of drug-likeness (QED) is 0.693. The second-order valence-electron chi connectivity index (χ2n) is 6.32. The summed E-state index contributed by atoms with van der Waals surface area (Å²) in [4.78, 5) is 12.3. The fourth-order valence-electron chi connectivity index (χ4n) is 2.49. The summed E-state index contributed by atoms with van der Waals surface area (Å²) in [5, 5.41) is 3.44. The van der Waals surface area contributed by atoms with Crippen molar-refractivity contribution >= 4 is 33.6 Å². The van der Waals surface area contributed by atoms with Crippen LogP contribution in [0.5, 0.6) is 5.75 Å². The first-order valence-corrected chi connectivity index (χ1v) is 10.3. The monoisotopic (exact) mass is 422 g/mol. The summed E-state index contributed by atoms with van der Waals surface area (Å²) in [5.74, 6) is -0.0646. The zero-order valence-electron chi connectivity index (χ0n) is 16.1. The maximum atomic E-state index is 12.5. The molecule has 1 N–H and O–H groups in total. The molecule has 6 nitrogen and oxygen atoms in total. The third-order valence-electron chi connectivity index (χ3n) is 4.08. The number of hydrogen-bond donors (Lipinski definition) is 1. The number of amides is 1. The molecule has 0 radical (unpaired) electrons. The molecule has 2 aromatic carbocycles. The molecule has 2 rings (SSSR count). The number of benzene rings is 2. The van der Waals surface area contributed by atoms with Crippen molar-refractivity contribution in [3.8, 4) is 5.75 Å². The van der Waals surface area contributed by atoms with E-state index in [9.17, 15) is 13.2 Å². The number of rotatable bonds is 7. The van der Waals surface area contributed by atoms with E-state index >= 15 is 0 Å². The van der Waals surface area contributed by atoms with Gasteiger partial charge in [-0.3, -0.25) is 4.79 Å². The predicted molar refractivity (Wildman–Crippen MR) is 111 cm³/mol. The summed E-state index contributed by atoms with van der Waals surface area (Å²) in [7, 11) is 0.621. The van der Waals surface area contributed by atoms with Gasteiger partial charge in [0, 0.05) is 25.2 Å². The summed E-state index contributed by atoms with van der Waals surface area (Å²) in [6, 6.07) is 11.7. The van der Waals surface area contributed by atoms with Gasteiger partial charge in [-0.05, 0) is 48.4 Å². The molecule has 0 unspecified atom stereocenters. The van der Waals surface area contributed by atoms with Crippen LogP contribution in [0, 0.1) is 0 Å². The number of carbonyl (C=O) groups is 1. The number of methoxy groups -OCH3 is 1. The molecule has 0 aromatic heterocycles. The van der Waals surface area contributed by atoms with Crippen molar-refractivity contribution in [2.75, 3.05) is 21.2 Å². The first-order valence-electron chi connectivity index (χ1n) is 8.49. The number of carbonyl (C=O) groups excluding carboxylic acids is 1. The molecular formula is C20H23ClN2O4S. The molecule has 0 aliphatic rings. The number of halogens is 1. The van der Waals surface area contributed by atoms with Gasteiger partial charge in [-0.15, -0.1) is 0 Å². The lowest BCUT2D eigenvalue weighted by molar-refractivity contribution is -0.117. The van der Waals surface area contributed by atoms with E-state index in [-0.39, 0.29) is 22.6 Å². The van der Waals surface area contributed by atoms with Gasteiger partial charge in [0.15, 0.2) is 0 Å². The third kappa shape index (κ3) is 5.34. The van der Waals surface area contributed by atoms with Gasteiger partial charge in [0.25, 0.3) is 0 Å². The van der Waals surface area contributed by atoms with Gasteiger partial charge in [-0.25, -0.2) is 12.7 Å². The van der Waals surface area contributed by atoms with Crippen LogP contribution in [0.1, 0.15) is 24.1 Å². The van der Waals surface area contributed by atoms with Crippen LogP contribution in [-0.2, 0) is 14.8 Å². The highest BCUT2D eigenvalue weighted by molar-refractivity contribution is 7.89. The Bertz CT molecular complexity index is 987. The third-order valence-corrected chi connectivity index (χ3v) is 6.15. The van der Waals surface area contributed by atoms with Gasteiger partial charge in [0.1, 0.15) is 10.6 Å². The van der Waals surface area contributed by atoms with Crippen LogP contribution in [-0.4, -0.2) is 39.8 Å². The van der Waals surface area contributed by atoms with Gasteiger partial charge in [-0.2, -0.15) is 0 Å². The first kappa shape index (κ1) is 21.9. The number of nitrogens with zero attached hydrogens (tertiary/aromatic N) is 1. The fraction of sp³-hybridized carbons (Fsp3) is 0.250. The van der Waals surface area contributed by atoms with E-state index in [1.54, 1.807) is 30.3 Å². The van der Waals surface area contributed by atoms with Crippen molar-refractivity contribution < 1.29 is 17.9 Å². The van der Waals surface area contributed by atoms with Crippen LogP contribution in [0.4, 0.5) is 0 Å². The topological polar surface area (TPSA) is 75.7 Å². The molecule has 0 saturated carbocycles. The van der Waals surface area contributed by atoms with Crippen LogP contribution in [0.15, 0.2) is 53.4 Å². The average molecular weight is 423 g/mol. The minimum absolute atomic E-state index is 0.0369. The van der Waals surface area contributed by atoms with Gasteiger partial charge >= 0.3 is 0 Å². The Balaban J connectivity index is 2.18. The Morgan fingerprint density at radius 1 is 1.21 bits per heavy atom. The van der Waals surface area contributed by atoms with Gasteiger partial charge in [-0.1, -0.05) is 29.8 Å². The lowest BCUT2D eigenvalue weighted by atomic mass is 10.1. The van der Waals surface area contributed by atoms with Crippen molar-refractivity contribution in [3.05, 3.63) is 64.7 Å². The fourth-order valence-corrected chi connectivity index (χ4v) is 3.77. The summed E-state index contributed by atoms with van der Waals surface area (Å²) in [6.45, 7) is 1.85. The number of hydrogen-bond acceptors (Lipinski definition) is 4. The van der Waals surface area contributed by atoms with Crippen LogP contribution >= 0.6 is 11.6 Å². The van der Waals surface area contributed by atoms with Crippen molar-refractivity contribution in [1.82, 2.24) is 9.62 Å². The normalized spacial score (nSPS) is 12.9. The number of sulfonamides is 1. The van der Waals surface area contributed by atoms with E-state index in [4.69, 9.17) is 16.3 Å². The molecular weight excluding hydrogens is 400 g/mol. The van der Waals surface area contributed by atoms with E-state index in [1.165, 1.54) is 33.3 Å². The van der Waals surface area contributed by atoms with Crippen molar-refractivity contribution in [3.63, 3.8) is 0 Å². The lowest BCUT2D eigenvalue weighted by Gasteiger charge is -2.15. The molecule has 0 aliphatic carbocycles. The van der Waals surface area contributed by atoms with Gasteiger partial charge in [0.05, 0.1) is 13.2 Å². The van der Waals surface area contributed by atoms with Gasteiger partial charge < -0.3 is 10.1 Å². The van der Waals surface area contributed by atoms with Crippen molar-refractivity contribution in [2.45, 2.75) is 17.9 Å². The average Bonchev–Trinajstić information content (AvgIpc) is 2.66. The van der Waals surface area contributed by atoms with E-state index in [0.717, 1.165) is 9.87 Å². The number of nitrogens with one attached hydrogen (secondary N) is 1. The largest absolute Gasteiger partial charge is 0.495 e. The maximum Gasteiger partial charge on any atom is 0.246 e. The Morgan fingerprint density at radius 3 is 2.54 bits per heavy atom. The van der Waals surface area contributed by atoms with E-state index in [2.05, 4.69) is 5.32 Å². The van der Waals surface area contributed by atoms with Crippen molar-refractivity contribution in [2.24, 2.45) is 0 Å². The smallest absolute Gasteiger partial charge is 0.246 e. The van der Waals surface area contributed by atoms with Crippen molar-refractivity contribution in [1.29, 1.82) is 0 Å². The molecule has 2 aromatic rings. The molecule has 0 aliphatic heterocycles. The second kappa shape index (κ2) is 9.23. The van der Waals surface area contributed by atoms with E-state index < -0.39 is 10.0 Å². The minimum atomic E-state index is -3.68. The van der Waals surface area contributed by atoms with Crippen LogP contribution in [0.2, 0.25) is 5.02 Å². The summed E-state index contributed by atoms with van der Waals surface area (Å²) < 4.78 is 31.2. The molecule has 0 spiro atoms. The minimum Gasteiger partial charge on any atom is -0.495 e. The van der Waals surface area contributed by atoms with Crippen LogP contribution < -0.4 is 10.1 Å². The second-order valence-corrected chi connectivity index (χ2v) is 8.87. The molecule has 0 saturated heterocycles. The van der Waals surface area contributed by atoms with Crippen LogP contribution in [0.3, 0.4) is 0 Å². The molecule has 1 atom stereocenters.